The first-order valence-electron chi connectivity index (χ1n) is 9.00. The first kappa shape index (κ1) is 21.0. The van der Waals surface area contributed by atoms with Gasteiger partial charge in [0.05, 0.1) is 15.3 Å². The molecule has 0 fully saturated rings. The van der Waals surface area contributed by atoms with Crippen LogP contribution in [0.1, 0.15) is 28.4 Å². The number of pyridine rings is 1. The lowest BCUT2D eigenvalue weighted by Gasteiger charge is -2.06. The number of carbonyl (C=O) groups is 2. The molecule has 6 nitrogen and oxygen atoms in total. The molecule has 3 rings (SSSR count). The normalized spacial score (nSPS) is 12.1. The zero-order valence-electron chi connectivity index (χ0n) is 16.5. The summed E-state index contributed by atoms with van der Waals surface area (Å²) >= 11 is 0. The Morgan fingerprint density at radius 3 is 2.30 bits per heavy atom. The maximum absolute atomic E-state index is 13.0. The van der Waals surface area contributed by atoms with Crippen molar-refractivity contribution >= 4 is 27.2 Å². The molecular formula is C23H19N3O3S. The van der Waals surface area contributed by atoms with E-state index in [-0.39, 0.29) is 11.5 Å². The van der Waals surface area contributed by atoms with Gasteiger partial charge in [0, 0.05) is 47.3 Å². The van der Waals surface area contributed by atoms with Crippen molar-refractivity contribution in [3.05, 3.63) is 89.7 Å². The maximum Gasteiger partial charge on any atom is 0.286 e. The number of amides is 2. The van der Waals surface area contributed by atoms with E-state index in [1.807, 2.05) is 30.3 Å². The van der Waals surface area contributed by atoms with Crippen LogP contribution < -0.4 is 5.32 Å². The molecule has 0 aliphatic carbocycles. The van der Waals surface area contributed by atoms with E-state index in [9.17, 15) is 13.8 Å². The third kappa shape index (κ3) is 5.63. The number of benzene rings is 2. The highest BCUT2D eigenvalue weighted by molar-refractivity contribution is 7.93. The Morgan fingerprint density at radius 1 is 0.967 bits per heavy atom. The zero-order chi connectivity index (χ0) is 21.6. The van der Waals surface area contributed by atoms with Crippen LogP contribution in [0.5, 0.6) is 0 Å². The third-order valence-electron chi connectivity index (χ3n) is 3.98. The van der Waals surface area contributed by atoms with Gasteiger partial charge in [0.1, 0.15) is 0 Å². The average molecular weight is 417 g/mol. The summed E-state index contributed by atoms with van der Waals surface area (Å²) < 4.78 is 16.9. The third-order valence-corrected chi connectivity index (χ3v) is 5.64. The Morgan fingerprint density at radius 2 is 1.63 bits per heavy atom. The van der Waals surface area contributed by atoms with Gasteiger partial charge in [-0.05, 0) is 42.5 Å². The minimum absolute atomic E-state index is 0.206. The topological polar surface area (TPSA) is 88.5 Å². The molecule has 30 heavy (non-hydrogen) atoms. The largest absolute Gasteiger partial charge is 0.326 e. The van der Waals surface area contributed by atoms with Crippen LogP contribution in [0.25, 0.3) is 0 Å². The molecule has 0 radical (unpaired) electrons. The van der Waals surface area contributed by atoms with Gasteiger partial charge >= 0.3 is 0 Å². The van der Waals surface area contributed by atoms with Gasteiger partial charge in [-0.3, -0.25) is 14.6 Å². The van der Waals surface area contributed by atoms with Gasteiger partial charge in [-0.1, -0.05) is 30.0 Å². The number of carbonyl (C=O) groups excluding carboxylic acids is 2. The summed E-state index contributed by atoms with van der Waals surface area (Å²) in [5, 5.41) is 2.63. The molecule has 1 N–H and O–H groups in total. The van der Waals surface area contributed by atoms with Crippen LogP contribution >= 0.6 is 0 Å². The van der Waals surface area contributed by atoms with Crippen LogP contribution in [0.3, 0.4) is 0 Å². The van der Waals surface area contributed by atoms with Crippen molar-refractivity contribution < 1.29 is 13.8 Å². The fraction of sp³-hybridized carbons (Fsp3) is 0.0870. The lowest BCUT2D eigenvalue weighted by Crippen LogP contribution is -2.07. The highest BCUT2D eigenvalue weighted by atomic mass is 32.2. The Bertz CT molecular complexity index is 1260. The monoisotopic (exact) mass is 417 g/mol. The molecule has 3 aromatic rings. The Labute approximate surface area is 175 Å². The van der Waals surface area contributed by atoms with E-state index in [1.165, 1.54) is 19.4 Å². The number of nitrogens with zero attached hydrogens (tertiary/aromatic N) is 2. The molecule has 0 bridgehead atoms. The van der Waals surface area contributed by atoms with E-state index in [2.05, 4.69) is 26.5 Å². The molecule has 0 saturated heterocycles. The minimum Gasteiger partial charge on any atom is -0.326 e. The van der Waals surface area contributed by atoms with Crippen LogP contribution in [0, 0.1) is 11.8 Å². The number of aromatic nitrogens is 1. The maximum atomic E-state index is 13.0. The van der Waals surface area contributed by atoms with Crippen LogP contribution in [-0.2, 0) is 14.5 Å². The first-order valence-corrected chi connectivity index (χ1v) is 10.9. The Hall–Kier alpha value is -3.76. The Balaban J connectivity index is 1.84. The predicted octanol–water partition coefficient (Wildman–Crippen LogP) is 3.74. The van der Waals surface area contributed by atoms with E-state index < -0.39 is 15.6 Å². The number of anilines is 1. The predicted molar refractivity (Wildman–Crippen MR) is 116 cm³/mol. The van der Waals surface area contributed by atoms with Crippen molar-refractivity contribution in [2.75, 3.05) is 11.6 Å². The van der Waals surface area contributed by atoms with Crippen molar-refractivity contribution in [2.24, 2.45) is 4.36 Å². The number of rotatable bonds is 3. The molecule has 2 amide bonds. The highest BCUT2D eigenvalue weighted by Gasteiger charge is 2.12. The summed E-state index contributed by atoms with van der Waals surface area (Å²) in [7, 11) is -2.97. The van der Waals surface area contributed by atoms with E-state index in [0.29, 0.717) is 16.1 Å². The molecule has 150 valence electrons. The summed E-state index contributed by atoms with van der Waals surface area (Å²) in [6, 6.07) is 17.4. The van der Waals surface area contributed by atoms with E-state index in [0.717, 1.165) is 5.56 Å². The van der Waals surface area contributed by atoms with E-state index in [1.54, 1.807) is 36.5 Å². The van der Waals surface area contributed by atoms with Crippen molar-refractivity contribution in [2.45, 2.75) is 11.8 Å². The molecule has 2 aromatic carbocycles. The van der Waals surface area contributed by atoms with Gasteiger partial charge in [-0.2, -0.15) is 4.36 Å². The van der Waals surface area contributed by atoms with Gasteiger partial charge in [0.2, 0.25) is 5.91 Å². The van der Waals surface area contributed by atoms with Crippen LogP contribution in [0.2, 0.25) is 0 Å². The molecule has 1 atom stereocenters. The first-order chi connectivity index (χ1) is 14.3. The quantitative estimate of drug-likeness (QED) is 0.658. The van der Waals surface area contributed by atoms with Gasteiger partial charge in [0.15, 0.2) is 0 Å². The Kier molecular flexibility index (Phi) is 6.40. The zero-order valence-corrected chi connectivity index (χ0v) is 17.3. The standard InChI is InChI=1S/C23H19N3O3S/c1-17(27)25-21-10-12-22(13-11-21)30(2,29)26-23(28)20-14-19(15-24-16-20)9-8-18-6-4-3-5-7-18/h3-7,10-16H,1-2H3,(H,25,27). The molecule has 0 spiro atoms. The van der Waals surface area contributed by atoms with Crippen LogP contribution in [0.4, 0.5) is 5.69 Å². The molecule has 0 aliphatic heterocycles. The fourth-order valence-corrected chi connectivity index (χ4v) is 3.72. The second-order valence-electron chi connectivity index (χ2n) is 6.48. The summed E-state index contributed by atoms with van der Waals surface area (Å²) in [5.74, 6) is 5.12. The molecule has 0 saturated carbocycles. The molecular weight excluding hydrogens is 398 g/mol. The van der Waals surface area contributed by atoms with Gasteiger partial charge < -0.3 is 5.32 Å². The highest BCUT2D eigenvalue weighted by Crippen LogP contribution is 2.17. The lowest BCUT2D eigenvalue weighted by molar-refractivity contribution is -0.114. The van der Waals surface area contributed by atoms with Crippen molar-refractivity contribution in [3.8, 4) is 11.8 Å². The van der Waals surface area contributed by atoms with Crippen molar-refractivity contribution in [1.82, 2.24) is 4.98 Å². The smallest absolute Gasteiger partial charge is 0.286 e. The van der Waals surface area contributed by atoms with E-state index >= 15 is 0 Å². The van der Waals surface area contributed by atoms with Crippen LogP contribution in [-0.4, -0.2) is 27.3 Å². The lowest BCUT2D eigenvalue weighted by atomic mass is 10.2. The molecule has 1 heterocycles. The number of hydrogen-bond donors (Lipinski definition) is 1. The van der Waals surface area contributed by atoms with Gasteiger partial charge in [-0.25, -0.2) is 4.21 Å². The summed E-state index contributed by atoms with van der Waals surface area (Å²) in [5.41, 5.74) is 2.18. The average Bonchev–Trinajstić information content (AvgIpc) is 2.73. The van der Waals surface area contributed by atoms with E-state index in [4.69, 9.17) is 0 Å². The summed E-state index contributed by atoms with van der Waals surface area (Å²) in [6.07, 6.45) is 4.32. The fourth-order valence-electron chi connectivity index (χ4n) is 2.55. The second-order valence-corrected chi connectivity index (χ2v) is 8.74. The van der Waals surface area contributed by atoms with Gasteiger partial charge in [0.25, 0.3) is 5.91 Å². The molecule has 0 aliphatic rings. The SMILES string of the molecule is CC(=O)Nc1ccc(S(C)(=O)=NC(=O)c2cncc(C#Cc3ccccc3)c2)cc1. The second kappa shape index (κ2) is 9.16. The minimum atomic E-state index is -2.97. The van der Waals surface area contributed by atoms with Crippen molar-refractivity contribution in [1.29, 1.82) is 0 Å². The molecule has 1 unspecified atom stereocenters. The van der Waals surface area contributed by atoms with Crippen molar-refractivity contribution in [3.63, 3.8) is 0 Å². The van der Waals surface area contributed by atoms with Gasteiger partial charge in [-0.15, -0.1) is 0 Å². The molecule has 7 heteroatoms. The molecule has 1 aromatic heterocycles. The van der Waals surface area contributed by atoms with Crippen LogP contribution in [0.15, 0.2) is 82.3 Å². The number of nitrogens with one attached hydrogen (secondary N) is 1. The summed E-state index contributed by atoms with van der Waals surface area (Å²) in [6.45, 7) is 1.40. The number of hydrogen-bond acceptors (Lipinski definition) is 4. The summed E-state index contributed by atoms with van der Waals surface area (Å²) in [4.78, 5) is 28.1.